The molecule has 5 atom stereocenters. The molecule has 1 saturated heterocycles. The van der Waals surface area contributed by atoms with Crippen LogP contribution in [0.4, 0.5) is 0 Å². The van der Waals surface area contributed by atoms with E-state index in [1.54, 1.807) is 0 Å². The summed E-state index contributed by atoms with van der Waals surface area (Å²) in [5.74, 6) is 1.76. The molecule has 2 aliphatic rings. The highest BCUT2D eigenvalue weighted by atomic mass is 16.5. The summed E-state index contributed by atoms with van der Waals surface area (Å²) in [6.07, 6.45) is 3.75. The Bertz CT molecular complexity index is 321. The molecule has 0 radical (unpaired) electrons. The van der Waals surface area contributed by atoms with Crippen molar-refractivity contribution in [3.8, 4) is 0 Å². The number of carbonyl (C=O) groups excluding carboxylic acids is 1. The zero-order valence-corrected chi connectivity index (χ0v) is 12.5. The van der Waals surface area contributed by atoms with E-state index in [9.17, 15) is 4.79 Å². The van der Waals surface area contributed by atoms with Crippen LogP contribution >= 0.6 is 0 Å². The quantitative estimate of drug-likeness (QED) is 0.788. The van der Waals surface area contributed by atoms with Gasteiger partial charge in [0.2, 0.25) is 0 Å². The average Bonchev–Trinajstić information content (AvgIpc) is 2.79. The number of rotatable bonds is 3. The molecular weight excluding hydrogens is 240 g/mol. The lowest BCUT2D eigenvalue weighted by molar-refractivity contribution is -0.146. The van der Waals surface area contributed by atoms with Crippen molar-refractivity contribution in [2.24, 2.45) is 29.4 Å². The molecule has 1 saturated carbocycles. The number of nitrogens with two attached hydrogens (primary N) is 1. The monoisotopic (exact) mass is 268 g/mol. The number of esters is 1. The minimum Gasteiger partial charge on any atom is -0.469 e. The van der Waals surface area contributed by atoms with Crippen molar-refractivity contribution in [1.82, 2.24) is 4.90 Å². The predicted octanol–water partition coefficient (Wildman–Crippen LogP) is 1.49. The van der Waals surface area contributed by atoms with Gasteiger partial charge in [0.05, 0.1) is 13.0 Å². The molecule has 1 aliphatic heterocycles. The molecule has 110 valence electrons. The smallest absolute Gasteiger partial charge is 0.310 e. The van der Waals surface area contributed by atoms with Gasteiger partial charge in [-0.05, 0) is 37.1 Å². The lowest BCUT2D eigenvalue weighted by Gasteiger charge is -2.40. The van der Waals surface area contributed by atoms with Crippen LogP contribution in [0, 0.1) is 23.7 Å². The average molecular weight is 268 g/mol. The molecule has 1 aliphatic carbocycles. The first-order chi connectivity index (χ1) is 9.06. The van der Waals surface area contributed by atoms with Crippen molar-refractivity contribution in [3.63, 3.8) is 0 Å². The van der Waals surface area contributed by atoms with E-state index in [2.05, 4.69) is 18.7 Å². The van der Waals surface area contributed by atoms with Gasteiger partial charge in [-0.3, -0.25) is 9.69 Å². The molecule has 2 fully saturated rings. The largest absolute Gasteiger partial charge is 0.469 e. The van der Waals surface area contributed by atoms with Crippen LogP contribution in [0.3, 0.4) is 0 Å². The Hall–Kier alpha value is -0.610. The molecule has 5 unspecified atom stereocenters. The summed E-state index contributed by atoms with van der Waals surface area (Å²) in [4.78, 5) is 14.3. The molecule has 0 amide bonds. The summed E-state index contributed by atoms with van der Waals surface area (Å²) < 4.78 is 4.92. The third-order valence-electron chi connectivity index (χ3n) is 5.13. The Kier molecular flexibility index (Phi) is 4.85. The lowest BCUT2D eigenvalue weighted by Crippen LogP contribution is -2.46. The maximum absolute atomic E-state index is 11.8. The molecule has 0 aromatic carbocycles. The Labute approximate surface area is 116 Å². The Morgan fingerprint density at radius 1 is 1.32 bits per heavy atom. The molecule has 0 spiro atoms. The van der Waals surface area contributed by atoms with Gasteiger partial charge < -0.3 is 10.5 Å². The standard InChI is InChI=1S/C15H28N2O2/c1-10-4-5-12(7-16)14(6-10)17-8-11(2)13(9-17)15(18)19-3/h10-14H,4-9,16H2,1-3H3. The summed E-state index contributed by atoms with van der Waals surface area (Å²) in [5, 5.41) is 0. The maximum Gasteiger partial charge on any atom is 0.310 e. The third-order valence-corrected chi connectivity index (χ3v) is 5.13. The van der Waals surface area contributed by atoms with E-state index in [0.29, 0.717) is 17.9 Å². The van der Waals surface area contributed by atoms with Gasteiger partial charge in [0.25, 0.3) is 0 Å². The van der Waals surface area contributed by atoms with Crippen molar-refractivity contribution in [1.29, 1.82) is 0 Å². The molecule has 2 N–H and O–H groups in total. The number of methoxy groups -OCH3 is 1. The van der Waals surface area contributed by atoms with Gasteiger partial charge in [-0.25, -0.2) is 0 Å². The van der Waals surface area contributed by atoms with Gasteiger partial charge in [-0.1, -0.05) is 20.3 Å². The van der Waals surface area contributed by atoms with Crippen molar-refractivity contribution < 1.29 is 9.53 Å². The van der Waals surface area contributed by atoms with Crippen LogP contribution in [0.1, 0.15) is 33.1 Å². The second kappa shape index (κ2) is 6.23. The number of hydrogen-bond donors (Lipinski definition) is 1. The van der Waals surface area contributed by atoms with Crippen LogP contribution in [-0.4, -0.2) is 43.7 Å². The van der Waals surface area contributed by atoms with E-state index < -0.39 is 0 Å². The van der Waals surface area contributed by atoms with Gasteiger partial charge in [0.15, 0.2) is 0 Å². The topological polar surface area (TPSA) is 55.6 Å². The Morgan fingerprint density at radius 3 is 2.68 bits per heavy atom. The summed E-state index contributed by atoms with van der Waals surface area (Å²) in [6.45, 7) is 7.11. The van der Waals surface area contributed by atoms with E-state index in [0.717, 1.165) is 25.6 Å². The highest BCUT2D eigenvalue weighted by Crippen LogP contribution is 2.36. The summed E-state index contributed by atoms with van der Waals surface area (Å²) in [5.41, 5.74) is 5.94. The molecule has 4 heteroatoms. The normalized spacial score (nSPS) is 40.3. The first-order valence-electron chi connectivity index (χ1n) is 7.58. The molecule has 4 nitrogen and oxygen atoms in total. The summed E-state index contributed by atoms with van der Waals surface area (Å²) >= 11 is 0. The molecule has 19 heavy (non-hydrogen) atoms. The maximum atomic E-state index is 11.8. The number of ether oxygens (including phenoxy) is 1. The van der Waals surface area contributed by atoms with Crippen LogP contribution in [0.2, 0.25) is 0 Å². The summed E-state index contributed by atoms with van der Waals surface area (Å²) in [7, 11) is 1.49. The van der Waals surface area contributed by atoms with Gasteiger partial charge in [0, 0.05) is 19.1 Å². The Balaban J connectivity index is 2.03. The van der Waals surface area contributed by atoms with Crippen LogP contribution < -0.4 is 5.73 Å². The van der Waals surface area contributed by atoms with Crippen LogP contribution in [-0.2, 0) is 9.53 Å². The van der Waals surface area contributed by atoms with Gasteiger partial charge >= 0.3 is 5.97 Å². The van der Waals surface area contributed by atoms with Gasteiger partial charge in [-0.15, -0.1) is 0 Å². The molecule has 2 rings (SSSR count). The molecular formula is C15H28N2O2. The SMILES string of the molecule is COC(=O)C1CN(C2CC(C)CCC2CN)CC1C. The lowest BCUT2D eigenvalue weighted by atomic mass is 9.78. The third kappa shape index (κ3) is 3.11. The summed E-state index contributed by atoms with van der Waals surface area (Å²) in [6, 6.07) is 0.561. The van der Waals surface area contributed by atoms with Crippen LogP contribution in [0.25, 0.3) is 0 Å². The fourth-order valence-electron chi connectivity index (χ4n) is 3.87. The fraction of sp³-hybridized carbons (Fsp3) is 0.933. The second-order valence-electron chi connectivity index (χ2n) is 6.54. The first-order valence-corrected chi connectivity index (χ1v) is 7.58. The van der Waals surface area contributed by atoms with E-state index >= 15 is 0 Å². The van der Waals surface area contributed by atoms with E-state index in [1.807, 2.05) is 0 Å². The Morgan fingerprint density at radius 2 is 2.05 bits per heavy atom. The van der Waals surface area contributed by atoms with E-state index in [1.165, 1.54) is 26.4 Å². The molecule has 0 aromatic rings. The molecule has 0 bridgehead atoms. The molecule has 1 heterocycles. The zero-order chi connectivity index (χ0) is 14.0. The van der Waals surface area contributed by atoms with Crippen molar-refractivity contribution in [3.05, 3.63) is 0 Å². The van der Waals surface area contributed by atoms with Crippen molar-refractivity contribution in [2.75, 3.05) is 26.7 Å². The predicted molar refractivity (Wildman–Crippen MR) is 75.6 cm³/mol. The fourth-order valence-corrected chi connectivity index (χ4v) is 3.87. The van der Waals surface area contributed by atoms with Crippen LogP contribution in [0.5, 0.6) is 0 Å². The number of carbonyl (C=O) groups is 1. The van der Waals surface area contributed by atoms with E-state index in [-0.39, 0.29) is 11.9 Å². The first kappa shape index (κ1) is 14.8. The van der Waals surface area contributed by atoms with E-state index in [4.69, 9.17) is 10.5 Å². The number of hydrogen-bond acceptors (Lipinski definition) is 4. The minimum absolute atomic E-state index is 0.0423. The highest BCUT2D eigenvalue weighted by molar-refractivity contribution is 5.73. The minimum atomic E-state index is -0.0526. The number of likely N-dealkylation sites (tertiary alicyclic amines) is 1. The molecule has 0 aromatic heterocycles. The van der Waals surface area contributed by atoms with Crippen LogP contribution in [0.15, 0.2) is 0 Å². The van der Waals surface area contributed by atoms with Crippen molar-refractivity contribution in [2.45, 2.75) is 39.2 Å². The number of nitrogens with zero attached hydrogens (tertiary/aromatic N) is 1. The highest BCUT2D eigenvalue weighted by Gasteiger charge is 2.41. The van der Waals surface area contributed by atoms with Gasteiger partial charge in [-0.2, -0.15) is 0 Å². The van der Waals surface area contributed by atoms with Gasteiger partial charge in [0.1, 0.15) is 0 Å². The van der Waals surface area contributed by atoms with Crippen molar-refractivity contribution >= 4 is 5.97 Å². The zero-order valence-electron chi connectivity index (χ0n) is 12.5. The second-order valence-corrected chi connectivity index (χ2v) is 6.54.